The Morgan fingerprint density at radius 2 is 2.00 bits per heavy atom. The van der Waals surface area contributed by atoms with Gasteiger partial charge in [-0.1, -0.05) is 20.8 Å². The van der Waals surface area contributed by atoms with Crippen molar-refractivity contribution < 1.29 is 0 Å². The topological polar surface area (TPSA) is 18.5 Å². The molecule has 0 radical (unpaired) electrons. The molecule has 1 aliphatic heterocycles. The van der Waals surface area contributed by atoms with Crippen LogP contribution in [0.1, 0.15) is 46.5 Å². The highest BCUT2D eigenvalue weighted by molar-refractivity contribution is 4.83. The maximum absolute atomic E-state index is 3.60. The Morgan fingerprint density at radius 3 is 2.61 bits per heavy atom. The van der Waals surface area contributed by atoms with Gasteiger partial charge in [-0.25, -0.2) is 0 Å². The zero-order chi connectivity index (χ0) is 13.4. The summed E-state index contributed by atoms with van der Waals surface area (Å²) in [5.41, 5.74) is 0. The van der Waals surface area contributed by atoms with Crippen LogP contribution in [-0.2, 0) is 0 Å². The van der Waals surface area contributed by atoms with Crippen LogP contribution in [0.2, 0.25) is 0 Å². The summed E-state index contributed by atoms with van der Waals surface area (Å²) in [5.74, 6) is 0. The SMILES string of the molecule is CCCNCC(CC)N1CCCN(C)CC1CC. The standard InChI is InChI=1S/C15H33N3/c1-5-9-16-12-14(6-2)18-11-8-10-17(4)13-15(18)7-3/h14-16H,5-13H2,1-4H3. The number of nitrogens with zero attached hydrogens (tertiary/aromatic N) is 2. The van der Waals surface area contributed by atoms with Crippen LogP contribution in [0, 0.1) is 0 Å². The third-order valence-electron chi connectivity index (χ3n) is 4.17. The molecule has 1 N–H and O–H groups in total. The lowest BCUT2D eigenvalue weighted by Gasteiger charge is -2.37. The molecule has 0 aliphatic carbocycles. The third kappa shape index (κ3) is 4.87. The summed E-state index contributed by atoms with van der Waals surface area (Å²) in [7, 11) is 2.27. The van der Waals surface area contributed by atoms with Crippen LogP contribution >= 0.6 is 0 Å². The predicted molar refractivity (Wildman–Crippen MR) is 80.1 cm³/mol. The Balaban J connectivity index is 2.56. The smallest absolute Gasteiger partial charge is 0.0223 e. The van der Waals surface area contributed by atoms with Crippen molar-refractivity contribution in [3.63, 3.8) is 0 Å². The predicted octanol–water partition coefficient (Wildman–Crippen LogP) is 2.18. The minimum Gasteiger partial charge on any atom is -0.315 e. The zero-order valence-corrected chi connectivity index (χ0v) is 12.9. The minimum atomic E-state index is 0.716. The van der Waals surface area contributed by atoms with Crippen molar-refractivity contribution in [2.75, 3.05) is 39.8 Å². The number of hydrogen-bond acceptors (Lipinski definition) is 3. The van der Waals surface area contributed by atoms with E-state index in [9.17, 15) is 0 Å². The van der Waals surface area contributed by atoms with Gasteiger partial charge in [-0.15, -0.1) is 0 Å². The molecule has 18 heavy (non-hydrogen) atoms. The van der Waals surface area contributed by atoms with Gasteiger partial charge >= 0.3 is 0 Å². The monoisotopic (exact) mass is 255 g/mol. The fourth-order valence-electron chi connectivity index (χ4n) is 3.05. The van der Waals surface area contributed by atoms with Crippen molar-refractivity contribution in [3.8, 4) is 0 Å². The molecule has 1 saturated heterocycles. The lowest BCUT2D eigenvalue weighted by atomic mass is 10.1. The van der Waals surface area contributed by atoms with Gasteiger partial charge in [0.15, 0.2) is 0 Å². The number of hydrogen-bond donors (Lipinski definition) is 1. The maximum Gasteiger partial charge on any atom is 0.0223 e. The van der Waals surface area contributed by atoms with Crippen LogP contribution in [0.15, 0.2) is 0 Å². The van der Waals surface area contributed by atoms with E-state index in [1.165, 1.54) is 45.3 Å². The van der Waals surface area contributed by atoms with Gasteiger partial charge < -0.3 is 10.2 Å². The largest absolute Gasteiger partial charge is 0.315 e. The highest BCUT2D eigenvalue weighted by Crippen LogP contribution is 2.16. The van der Waals surface area contributed by atoms with E-state index in [0.717, 1.165) is 19.1 Å². The van der Waals surface area contributed by atoms with Crippen molar-refractivity contribution in [2.24, 2.45) is 0 Å². The molecule has 0 aromatic heterocycles. The average Bonchev–Trinajstić information content (AvgIpc) is 2.56. The number of rotatable bonds is 7. The molecule has 3 heteroatoms. The molecular weight excluding hydrogens is 222 g/mol. The van der Waals surface area contributed by atoms with Gasteiger partial charge in [0.25, 0.3) is 0 Å². The highest BCUT2D eigenvalue weighted by atomic mass is 15.3. The molecule has 0 aromatic carbocycles. The lowest BCUT2D eigenvalue weighted by Crippen LogP contribution is -2.49. The molecule has 0 aromatic rings. The Kier molecular flexibility index (Phi) is 7.87. The first kappa shape index (κ1) is 15.9. The second-order valence-corrected chi connectivity index (χ2v) is 5.68. The number of nitrogens with one attached hydrogen (secondary N) is 1. The molecule has 0 saturated carbocycles. The Morgan fingerprint density at radius 1 is 1.22 bits per heavy atom. The molecule has 108 valence electrons. The van der Waals surface area contributed by atoms with Crippen molar-refractivity contribution in [2.45, 2.75) is 58.5 Å². The van der Waals surface area contributed by atoms with Crippen LogP contribution in [-0.4, -0.2) is 61.7 Å². The fourth-order valence-corrected chi connectivity index (χ4v) is 3.05. The van der Waals surface area contributed by atoms with Crippen molar-refractivity contribution in [3.05, 3.63) is 0 Å². The molecule has 2 unspecified atom stereocenters. The first-order valence-electron chi connectivity index (χ1n) is 7.87. The fraction of sp³-hybridized carbons (Fsp3) is 1.00. The van der Waals surface area contributed by atoms with E-state index < -0.39 is 0 Å². The summed E-state index contributed by atoms with van der Waals surface area (Å²) in [6.45, 7) is 13.0. The molecule has 1 rings (SSSR count). The summed E-state index contributed by atoms with van der Waals surface area (Å²) < 4.78 is 0. The van der Waals surface area contributed by atoms with Gasteiger partial charge in [0.2, 0.25) is 0 Å². The molecule has 0 bridgehead atoms. The first-order valence-corrected chi connectivity index (χ1v) is 7.87. The molecule has 1 aliphatic rings. The van der Waals surface area contributed by atoms with Gasteiger partial charge in [0.1, 0.15) is 0 Å². The second kappa shape index (κ2) is 8.89. The average molecular weight is 255 g/mol. The first-order chi connectivity index (χ1) is 8.72. The van der Waals surface area contributed by atoms with E-state index in [2.05, 4.69) is 42.9 Å². The van der Waals surface area contributed by atoms with Crippen LogP contribution in [0.4, 0.5) is 0 Å². The minimum absolute atomic E-state index is 0.716. The summed E-state index contributed by atoms with van der Waals surface area (Å²) in [5, 5.41) is 3.60. The van der Waals surface area contributed by atoms with Crippen LogP contribution in [0.5, 0.6) is 0 Å². The molecule has 2 atom stereocenters. The molecule has 0 amide bonds. The number of likely N-dealkylation sites (N-methyl/N-ethyl adjacent to an activating group) is 1. The lowest BCUT2D eigenvalue weighted by molar-refractivity contribution is 0.122. The Hall–Kier alpha value is -0.120. The van der Waals surface area contributed by atoms with E-state index in [0.29, 0.717) is 6.04 Å². The van der Waals surface area contributed by atoms with E-state index in [1.54, 1.807) is 0 Å². The quantitative estimate of drug-likeness (QED) is 0.704. The van der Waals surface area contributed by atoms with Crippen LogP contribution in [0.25, 0.3) is 0 Å². The molecular formula is C15H33N3. The van der Waals surface area contributed by atoms with Crippen molar-refractivity contribution in [1.82, 2.24) is 15.1 Å². The Labute approximate surface area is 114 Å². The molecule has 1 fully saturated rings. The van der Waals surface area contributed by atoms with E-state index >= 15 is 0 Å². The third-order valence-corrected chi connectivity index (χ3v) is 4.17. The summed E-state index contributed by atoms with van der Waals surface area (Å²) in [6, 6.07) is 1.46. The van der Waals surface area contributed by atoms with E-state index in [4.69, 9.17) is 0 Å². The summed E-state index contributed by atoms with van der Waals surface area (Å²) >= 11 is 0. The van der Waals surface area contributed by atoms with Gasteiger partial charge in [-0.05, 0) is 45.8 Å². The normalized spacial score (nSPS) is 25.0. The van der Waals surface area contributed by atoms with Gasteiger partial charge in [-0.3, -0.25) is 4.90 Å². The van der Waals surface area contributed by atoms with Crippen molar-refractivity contribution in [1.29, 1.82) is 0 Å². The zero-order valence-electron chi connectivity index (χ0n) is 12.9. The van der Waals surface area contributed by atoms with Gasteiger partial charge in [0, 0.05) is 31.7 Å². The molecule has 0 spiro atoms. The van der Waals surface area contributed by atoms with Gasteiger partial charge in [0.05, 0.1) is 0 Å². The van der Waals surface area contributed by atoms with E-state index in [-0.39, 0.29) is 0 Å². The van der Waals surface area contributed by atoms with Crippen LogP contribution in [0.3, 0.4) is 0 Å². The molecule has 1 heterocycles. The van der Waals surface area contributed by atoms with Gasteiger partial charge in [-0.2, -0.15) is 0 Å². The maximum atomic E-state index is 3.60. The van der Waals surface area contributed by atoms with Crippen molar-refractivity contribution >= 4 is 0 Å². The second-order valence-electron chi connectivity index (χ2n) is 5.68. The van der Waals surface area contributed by atoms with E-state index in [1.807, 2.05) is 0 Å². The van der Waals surface area contributed by atoms with Crippen LogP contribution < -0.4 is 5.32 Å². The summed E-state index contributed by atoms with van der Waals surface area (Å²) in [4.78, 5) is 5.27. The summed E-state index contributed by atoms with van der Waals surface area (Å²) in [6.07, 6.45) is 5.08. The molecule has 3 nitrogen and oxygen atoms in total. The Bertz CT molecular complexity index is 208. The highest BCUT2D eigenvalue weighted by Gasteiger charge is 2.26.